The highest BCUT2D eigenvalue weighted by atomic mass is 32.1. The maximum absolute atomic E-state index is 11.8. The quantitative estimate of drug-likeness (QED) is 0.813. The molecule has 1 aromatic rings. The molecule has 1 atom stereocenters. The molecule has 0 spiro atoms. The first-order valence-electron chi connectivity index (χ1n) is 5.81. The van der Waals surface area contributed by atoms with E-state index in [0.29, 0.717) is 10.1 Å². The van der Waals surface area contributed by atoms with Crippen LogP contribution in [0.4, 0.5) is 5.13 Å². The van der Waals surface area contributed by atoms with Crippen LogP contribution >= 0.6 is 11.3 Å². The second-order valence-corrected chi connectivity index (χ2v) is 5.16. The first kappa shape index (κ1) is 12.3. The monoisotopic (exact) mass is 255 g/mol. The highest BCUT2D eigenvalue weighted by Crippen LogP contribution is 2.13. The Morgan fingerprint density at radius 2 is 2.47 bits per heavy atom. The van der Waals surface area contributed by atoms with Gasteiger partial charge in [0, 0.05) is 12.6 Å². The van der Waals surface area contributed by atoms with E-state index in [9.17, 15) is 4.79 Å². The average Bonchev–Trinajstić information content (AvgIpc) is 2.76. The van der Waals surface area contributed by atoms with Gasteiger partial charge in [0.1, 0.15) is 0 Å². The van der Waals surface area contributed by atoms with Gasteiger partial charge in [0.05, 0.1) is 0 Å². The van der Waals surface area contributed by atoms with Gasteiger partial charge in [0.15, 0.2) is 0 Å². The third-order valence-corrected chi connectivity index (χ3v) is 3.67. The van der Waals surface area contributed by atoms with E-state index in [4.69, 9.17) is 5.73 Å². The van der Waals surface area contributed by atoms with Crippen LogP contribution in [0.25, 0.3) is 0 Å². The largest absolute Gasteiger partial charge is 0.374 e. The number of rotatable bonds is 3. The van der Waals surface area contributed by atoms with Crippen molar-refractivity contribution in [2.75, 3.05) is 25.4 Å². The summed E-state index contributed by atoms with van der Waals surface area (Å²) in [6, 6.07) is 0.210. The molecule has 1 unspecified atom stereocenters. The number of amides is 1. The first-order valence-corrected chi connectivity index (χ1v) is 6.63. The number of nitrogens with one attached hydrogen (secondary N) is 1. The number of nitrogen functional groups attached to an aromatic ring is 1. The molecule has 1 amide bonds. The number of carbonyl (C=O) groups excluding carboxylic acids is 1. The summed E-state index contributed by atoms with van der Waals surface area (Å²) in [6.45, 7) is 5.19. The van der Waals surface area contributed by atoms with Gasteiger partial charge in [-0.1, -0.05) is 18.3 Å². The molecule has 2 heterocycles. The van der Waals surface area contributed by atoms with E-state index < -0.39 is 0 Å². The van der Waals surface area contributed by atoms with Crippen LogP contribution < -0.4 is 11.1 Å². The fourth-order valence-electron chi connectivity index (χ4n) is 2.03. The number of aromatic nitrogens is 2. The Morgan fingerprint density at radius 3 is 3.12 bits per heavy atom. The Kier molecular flexibility index (Phi) is 3.90. The molecule has 1 saturated heterocycles. The highest BCUT2D eigenvalue weighted by Gasteiger charge is 2.22. The van der Waals surface area contributed by atoms with Crippen molar-refractivity contribution in [1.82, 2.24) is 20.4 Å². The zero-order chi connectivity index (χ0) is 12.3. The summed E-state index contributed by atoms with van der Waals surface area (Å²) < 4.78 is 0. The van der Waals surface area contributed by atoms with Crippen molar-refractivity contribution < 1.29 is 4.79 Å². The standard InChI is InChI=1S/C10H17N5OS/c1-2-15-5-3-4-7(6-15)12-8(16)9-13-14-10(11)17-9/h7H,2-6H2,1H3,(H2,11,14)(H,12,16). The number of likely N-dealkylation sites (N-methyl/N-ethyl adjacent to an activating group) is 1. The molecule has 2 rings (SSSR count). The zero-order valence-electron chi connectivity index (χ0n) is 9.85. The lowest BCUT2D eigenvalue weighted by molar-refractivity contribution is 0.0905. The lowest BCUT2D eigenvalue weighted by Gasteiger charge is -2.31. The van der Waals surface area contributed by atoms with E-state index in [0.717, 1.165) is 43.8 Å². The molecule has 6 nitrogen and oxygen atoms in total. The number of nitrogens with two attached hydrogens (primary N) is 1. The van der Waals surface area contributed by atoms with Crippen molar-refractivity contribution in [1.29, 1.82) is 0 Å². The number of nitrogens with zero attached hydrogens (tertiary/aromatic N) is 3. The molecule has 17 heavy (non-hydrogen) atoms. The molecule has 1 fully saturated rings. The Balaban J connectivity index is 1.90. The summed E-state index contributed by atoms with van der Waals surface area (Å²) in [4.78, 5) is 14.2. The van der Waals surface area contributed by atoms with E-state index in [1.165, 1.54) is 0 Å². The maximum atomic E-state index is 11.8. The fourth-order valence-corrected chi connectivity index (χ4v) is 2.55. The third-order valence-electron chi connectivity index (χ3n) is 2.92. The number of hydrogen-bond acceptors (Lipinski definition) is 6. The second kappa shape index (κ2) is 5.42. The molecule has 94 valence electrons. The fraction of sp³-hybridized carbons (Fsp3) is 0.700. The average molecular weight is 255 g/mol. The second-order valence-electron chi connectivity index (χ2n) is 4.15. The molecular weight excluding hydrogens is 238 g/mol. The Morgan fingerprint density at radius 1 is 1.65 bits per heavy atom. The van der Waals surface area contributed by atoms with Crippen molar-refractivity contribution in [3.63, 3.8) is 0 Å². The van der Waals surface area contributed by atoms with Gasteiger partial charge in [-0.2, -0.15) is 0 Å². The minimum absolute atomic E-state index is 0.165. The summed E-state index contributed by atoms with van der Waals surface area (Å²) in [6.07, 6.45) is 2.15. The van der Waals surface area contributed by atoms with E-state index in [-0.39, 0.29) is 11.9 Å². The third kappa shape index (κ3) is 3.13. The molecule has 1 aromatic heterocycles. The summed E-state index contributed by atoms with van der Waals surface area (Å²) in [5, 5.41) is 11.0. The normalized spacial score (nSPS) is 21.4. The summed E-state index contributed by atoms with van der Waals surface area (Å²) in [5.74, 6) is -0.165. The predicted molar refractivity (Wildman–Crippen MR) is 66.9 cm³/mol. The summed E-state index contributed by atoms with van der Waals surface area (Å²) in [7, 11) is 0. The molecule has 7 heteroatoms. The van der Waals surface area contributed by atoms with Gasteiger partial charge in [0.25, 0.3) is 5.91 Å². The Hall–Kier alpha value is -1.21. The number of anilines is 1. The van der Waals surface area contributed by atoms with Crippen LogP contribution in [0.15, 0.2) is 0 Å². The molecule has 0 saturated carbocycles. The molecule has 3 N–H and O–H groups in total. The minimum atomic E-state index is -0.165. The van der Waals surface area contributed by atoms with Gasteiger partial charge >= 0.3 is 0 Å². The summed E-state index contributed by atoms with van der Waals surface area (Å²) in [5.41, 5.74) is 5.45. The zero-order valence-corrected chi connectivity index (χ0v) is 10.7. The molecule has 0 aromatic carbocycles. The lowest BCUT2D eigenvalue weighted by atomic mass is 10.1. The minimum Gasteiger partial charge on any atom is -0.374 e. The molecule has 1 aliphatic heterocycles. The van der Waals surface area contributed by atoms with Crippen molar-refractivity contribution >= 4 is 22.4 Å². The van der Waals surface area contributed by atoms with Crippen LogP contribution in [0.2, 0.25) is 0 Å². The highest BCUT2D eigenvalue weighted by molar-refractivity contribution is 7.16. The molecule has 1 aliphatic rings. The number of piperidine rings is 1. The number of likely N-dealkylation sites (tertiary alicyclic amines) is 1. The summed E-state index contributed by atoms with van der Waals surface area (Å²) >= 11 is 1.12. The van der Waals surface area contributed by atoms with E-state index in [2.05, 4.69) is 27.3 Å². The Bertz CT molecular complexity index is 394. The van der Waals surface area contributed by atoms with Gasteiger partial charge in [0.2, 0.25) is 10.1 Å². The van der Waals surface area contributed by atoms with Gasteiger partial charge < -0.3 is 16.0 Å². The van der Waals surface area contributed by atoms with Crippen molar-refractivity contribution in [2.24, 2.45) is 0 Å². The van der Waals surface area contributed by atoms with Crippen LogP contribution in [0, 0.1) is 0 Å². The van der Waals surface area contributed by atoms with Crippen molar-refractivity contribution in [3.05, 3.63) is 5.01 Å². The van der Waals surface area contributed by atoms with Crippen LogP contribution in [0.3, 0.4) is 0 Å². The van der Waals surface area contributed by atoms with E-state index in [1.807, 2.05) is 0 Å². The SMILES string of the molecule is CCN1CCCC(NC(=O)c2nnc(N)s2)C1. The van der Waals surface area contributed by atoms with E-state index in [1.54, 1.807) is 0 Å². The van der Waals surface area contributed by atoms with Crippen LogP contribution in [0.1, 0.15) is 29.6 Å². The Labute approximate surface area is 104 Å². The molecule has 0 aliphatic carbocycles. The van der Waals surface area contributed by atoms with Crippen molar-refractivity contribution in [2.45, 2.75) is 25.8 Å². The van der Waals surface area contributed by atoms with Gasteiger partial charge in [-0.05, 0) is 25.9 Å². The molecular formula is C10H17N5OS. The van der Waals surface area contributed by atoms with Gasteiger partial charge in [-0.25, -0.2) is 0 Å². The number of carbonyl (C=O) groups is 1. The van der Waals surface area contributed by atoms with Crippen molar-refractivity contribution in [3.8, 4) is 0 Å². The van der Waals surface area contributed by atoms with E-state index >= 15 is 0 Å². The maximum Gasteiger partial charge on any atom is 0.282 e. The smallest absolute Gasteiger partial charge is 0.282 e. The topological polar surface area (TPSA) is 84.1 Å². The van der Waals surface area contributed by atoms with Gasteiger partial charge in [-0.15, -0.1) is 10.2 Å². The molecule has 0 radical (unpaired) electrons. The van der Waals surface area contributed by atoms with Crippen LogP contribution in [-0.2, 0) is 0 Å². The van der Waals surface area contributed by atoms with Crippen LogP contribution in [-0.4, -0.2) is 46.7 Å². The first-order chi connectivity index (χ1) is 8.19. The number of hydrogen-bond donors (Lipinski definition) is 2. The van der Waals surface area contributed by atoms with Crippen LogP contribution in [0.5, 0.6) is 0 Å². The van der Waals surface area contributed by atoms with Gasteiger partial charge in [-0.3, -0.25) is 4.79 Å². The molecule has 0 bridgehead atoms. The lowest BCUT2D eigenvalue weighted by Crippen LogP contribution is -2.47. The predicted octanol–water partition coefficient (Wildman–Crippen LogP) is 0.334.